The normalized spacial score (nSPS) is 12.3. The van der Waals surface area contributed by atoms with Gasteiger partial charge >= 0.3 is 0 Å². The topological polar surface area (TPSA) is 24.4 Å². The third-order valence-corrected chi connectivity index (χ3v) is 1.54. The standard InChI is InChI=1S/C7H16N2S/c1-5-10-9-7(4)8-6(2)3/h6H,5H2,1-4H3,(H,8,9). The van der Waals surface area contributed by atoms with Crippen LogP contribution in [0.25, 0.3) is 0 Å². The summed E-state index contributed by atoms with van der Waals surface area (Å²) in [7, 11) is 0. The van der Waals surface area contributed by atoms with Crippen LogP contribution in [0.4, 0.5) is 0 Å². The van der Waals surface area contributed by atoms with E-state index in [0.29, 0.717) is 6.04 Å². The number of hydrogen-bond acceptors (Lipinski definition) is 2. The molecule has 3 heteroatoms. The van der Waals surface area contributed by atoms with Crippen LogP contribution in [0.1, 0.15) is 27.7 Å². The van der Waals surface area contributed by atoms with Crippen molar-refractivity contribution in [1.29, 1.82) is 0 Å². The molecule has 0 spiro atoms. The summed E-state index contributed by atoms with van der Waals surface area (Å²) >= 11 is 1.68. The highest BCUT2D eigenvalue weighted by atomic mass is 32.2. The fraction of sp³-hybridized carbons (Fsp3) is 0.857. The first-order valence-corrected chi connectivity index (χ1v) is 4.57. The molecule has 0 aromatic heterocycles. The molecule has 0 atom stereocenters. The van der Waals surface area contributed by atoms with Crippen molar-refractivity contribution in [1.82, 2.24) is 4.72 Å². The van der Waals surface area contributed by atoms with Gasteiger partial charge in [0.1, 0.15) is 5.84 Å². The summed E-state index contributed by atoms with van der Waals surface area (Å²) in [5, 5.41) is 0. The molecule has 0 aromatic carbocycles. The molecule has 0 saturated heterocycles. The van der Waals surface area contributed by atoms with Gasteiger partial charge in [-0.1, -0.05) is 18.9 Å². The molecule has 0 aromatic rings. The first-order valence-electron chi connectivity index (χ1n) is 3.59. The summed E-state index contributed by atoms with van der Waals surface area (Å²) in [6, 6.07) is 0.393. The minimum absolute atomic E-state index is 0.393. The third-order valence-electron chi connectivity index (χ3n) is 0.816. The maximum absolute atomic E-state index is 4.30. The summed E-state index contributed by atoms with van der Waals surface area (Å²) in [6.07, 6.45) is 0. The van der Waals surface area contributed by atoms with Gasteiger partial charge in [-0.15, -0.1) is 0 Å². The van der Waals surface area contributed by atoms with Crippen molar-refractivity contribution in [3.63, 3.8) is 0 Å². The Bertz CT molecular complexity index is 110. The van der Waals surface area contributed by atoms with Crippen LogP contribution in [-0.4, -0.2) is 17.6 Å². The molecule has 0 unspecified atom stereocenters. The number of nitrogens with one attached hydrogen (secondary N) is 1. The summed E-state index contributed by atoms with van der Waals surface area (Å²) in [4.78, 5) is 4.30. The molecule has 1 N–H and O–H groups in total. The van der Waals surface area contributed by atoms with Gasteiger partial charge in [-0.25, -0.2) is 0 Å². The SMILES string of the molecule is CCSNC(C)=NC(C)C. The van der Waals surface area contributed by atoms with Crippen molar-refractivity contribution in [2.24, 2.45) is 4.99 Å². The Morgan fingerprint density at radius 1 is 1.60 bits per heavy atom. The quantitative estimate of drug-likeness (QED) is 0.388. The van der Waals surface area contributed by atoms with Gasteiger partial charge in [0.2, 0.25) is 0 Å². The predicted octanol–water partition coefficient (Wildman–Crippen LogP) is 2.07. The largest absolute Gasteiger partial charge is 0.318 e. The van der Waals surface area contributed by atoms with Gasteiger partial charge in [0.25, 0.3) is 0 Å². The molecule has 0 bridgehead atoms. The number of rotatable bonds is 3. The predicted molar refractivity (Wildman–Crippen MR) is 49.5 cm³/mol. The second-order valence-corrected chi connectivity index (χ2v) is 3.41. The van der Waals surface area contributed by atoms with Crippen LogP contribution in [0.3, 0.4) is 0 Å². The minimum Gasteiger partial charge on any atom is -0.318 e. The van der Waals surface area contributed by atoms with Gasteiger partial charge in [-0.05, 0) is 20.8 Å². The van der Waals surface area contributed by atoms with Crippen molar-refractivity contribution in [2.75, 3.05) is 5.75 Å². The van der Waals surface area contributed by atoms with Crippen LogP contribution in [0.5, 0.6) is 0 Å². The summed E-state index contributed by atoms with van der Waals surface area (Å²) in [5.74, 6) is 2.09. The Labute approximate surface area is 67.6 Å². The van der Waals surface area contributed by atoms with Gasteiger partial charge in [-0.3, -0.25) is 4.99 Å². The van der Waals surface area contributed by atoms with Crippen molar-refractivity contribution < 1.29 is 0 Å². The van der Waals surface area contributed by atoms with Gasteiger partial charge in [0.15, 0.2) is 0 Å². The lowest BCUT2D eigenvalue weighted by Gasteiger charge is -2.03. The highest BCUT2D eigenvalue weighted by molar-refractivity contribution is 7.97. The zero-order valence-corrected chi connectivity index (χ0v) is 7.96. The van der Waals surface area contributed by atoms with E-state index in [-0.39, 0.29) is 0 Å². The maximum Gasteiger partial charge on any atom is 0.103 e. The Hall–Kier alpha value is -0.180. The Balaban J connectivity index is 3.49. The molecule has 0 saturated carbocycles. The van der Waals surface area contributed by atoms with E-state index in [4.69, 9.17) is 0 Å². The van der Waals surface area contributed by atoms with Crippen LogP contribution in [-0.2, 0) is 0 Å². The number of amidine groups is 1. The van der Waals surface area contributed by atoms with E-state index in [1.54, 1.807) is 11.9 Å². The second-order valence-electron chi connectivity index (χ2n) is 2.34. The van der Waals surface area contributed by atoms with Crippen LogP contribution in [0.15, 0.2) is 4.99 Å². The molecule has 2 nitrogen and oxygen atoms in total. The number of hydrogen-bond donors (Lipinski definition) is 1. The first kappa shape index (κ1) is 9.82. The van der Waals surface area contributed by atoms with E-state index in [1.807, 2.05) is 6.92 Å². The van der Waals surface area contributed by atoms with Crippen LogP contribution >= 0.6 is 11.9 Å². The lowest BCUT2D eigenvalue weighted by Crippen LogP contribution is -2.13. The molecule has 0 heterocycles. The van der Waals surface area contributed by atoms with Crippen LogP contribution in [0.2, 0.25) is 0 Å². The summed E-state index contributed by atoms with van der Waals surface area (Å²) < 4.78 is 3.13. The molecule has 0 fully saturated rings. The number of nitrogens with zero attached hydrogens (tertiary/aromatic N) is 1. The third kappa shape index (κ3) is 5.95. The van der Waals surface area contributed by atoms with E-state index in [1.165, 1.54) is 0 Å². The van der Waals surface area contributed by atoms with E-state index in [2.05, 4.69) is 30.5 Å². The van der Waals surface area contributed by atoms with Gasteiger partial charge < -0.3 is 4.72 Å². The molecule has 10 heavy (non-hydrogen) atoms. The smallest absolute Gasteiger partial charge is 0.103 e. The molecule has 0 rings (SSSR count). The van der Waals surface area contributed by atoms with Crippen LogP contribution in [0, 0.1) is 0 Å². The molecular formula is C7H16N2S. The average Bonchev–Trinajstić information content (AvgIpc) is 1.82. The highest BCUT2D eigenvalue weighted by Gasteiger charge is 1.90. The van der Waals surface area contributed by atoms with Gasteiger partial charge in [0.05, 0.1) is 0 Å². The second kappa shape index (κ2) is 5.59. The molecular weight excluding hydrogens is 144 g/mol. The van der Waals surface area contributed by atoms with Crippen LogP contribution < -0.4 is 4.72 Å². The van der Waals surface area contributed by atoms with E-state index in [9.17, 15) is 0 Å². The van der Waals surface area contributed by atoms with Crippen molar-refractivity contribution in [3.05, 3.63) is 0 Å². The summed E-state index contributed by atoms with van der Waals surface area (Å²) in [6.45, 7) is 8.24. The van der Waals surface area contributed by atoms with Crippen molar-refractivity contribution in [2.45, 2.75) is 33.7 Å². The fourth-order valence-corrected chi connectivity index (χ4v) is 0.996. The Morgan fingerprint density at radius 3 is 2.60 bits per heavy atom. The average molecular weight is 160 g/mol. The van der Waals surface area contributed by atoms with Crippen molar-refractivity contribution >= 4 is 17.8 Å². The Morgan fingerprint density at radius 2 is 2.20 bits per heavy atom. The maximum atomic E-state index is 4.30. The van der Waals surface area contributed by atoms with Crippen molar-refractivity contribution in [3.8, 4) is 0 Å². The van der Waals surface area contributed by atoms with E-state index >= 15 is 0 Å². The zero-order chi connectivity index (χ0) is 7.98. The first-order chi connectivity index (χ1) is 4.66. The van der Waals surface area contributed by atoms with E-state index in [0.717, 1.165) is 11.6 Å². The molecule has 0 amide bonds. The molecule has 0 aliphatic rings. The van der Waals surface area contributed by atoms with Gasteiger partial charge in [-0.2, -0.15) is 0 Å². The molecule has 60 valence electrons. The molecule has 0 aliphatic carbocycles. The minimum atomic E-state index is 0.393. The molecule has 0 aliphatic heterocycles. The molecule has 0 radical (unpaired) electrons. The van der Waals surface area contributed by atoms with E-state index < -0.39 is 0 Å². The lowest BCUT2D eigenvalue weighted by atomic mass is 10.4. The highest BCUT2D eigenvalue weighted by Crippen LogP contribution is 1.93. The monoisotopic (exact) mass is 160 g/mol. The fourth-order valence-electron chi connectivity index (χ4n) is 0.590. The summed E-state index contributed by atoms with van der Waals surface area (Å²) in [5.41, 5.74) is 0. The number of aliphatic imine (C=N–C) groups is 1. The Kier molecular flexibility index (Phi) is 5.49. The zero-order valence-electron chi connectivity index (χ0n) is 7.14. The lowest BCUT2D eigenvalue weighted by molar-refractivity contribution is 0.831. The van der Waals surface area contributed by atoms with Gasteiger partial charge in [0, 0.05) is 11.8 Å².